The molecule has 0 saturated heterocycles. The third-order valence-electron chi connectivity index (χ3n) is 2.74. The van der Waals surface area contributed by atoms with Gasteiger partial charge in [0.2, 0.25) is 0 Å². The van der Waals surface area contributed by atoms with Gasteiger partial charge in [-0.15, -0.1) is 0 Å². The molecule has 0 atom stereocenters. The maximum absolute atomic E-state index is 12.9. The summed E-state index contributed by atoms with van der Waals surface area (Å²) in [5, 5.41) is 10.5. The van der Waals surface area contributed by atoms with Gasteiger partial charge in [0.1, 0.15) is 5.82 Å². The fourth-order valence-electron chi connectivity index (χ4n) is 1.77. The predicted molar refractivity (Wildman–Crippen MR) is 66.1 cm³/mol. The minimum atomic E-state index is -0.228. The smallest absolute Gasteiger partial charge is 0.123 e. The molecule has 0 spiro atoms. The Labute approximate surface area is 100 Å². The summed E-state index contributed by atoms with van der Waals surface area (Å²) in [6.45, 7) is 5.73. The van der Waals surface area contributed by atoms with E-state index >= 15 is 0 Å². The number of nitrogens with zero attached hydrogens (tertiary/aromatic N) is 1. The molecule has 1 aromatic carbocycles. The van der Waals surface area contributed by atoms with Crippen LogP contribution in [0.5, 0.6) is 0 Å². The van der Waals surface area contributed by atoms with Crippen LogP contribution in [0, 0.1) is 12.7 Å². The van der Waals surface area contributed by atoms with Gasteiger partial charge in [0.05, 0.1) is 5.69 Å². The average molecular weight is 233 g/mol. The van der Waals surface area contributed by atoms with Crippen molar-refractivity contribution in [2.75, 3.05) is 6.54 Å². The van der Waals surface area contributed by atoms with Crippen molar-refractivity contribution in [3.8, 4) is 11.3 Å². The third kappa shape index (κ3) is 2.53. The molecule has 3 nitrogen and oxygen atoms in total. The summed E-state index contributed by atoms with van der Waals surface area (Å²) in [6, 6.07) is 6.41. The van der Waals surface area contributed by atoms with E-state index in [-0.39, 0.29) is 5.82 Å². The summed E-state index contributed by atoms with van der Waals surface area (Å²) in [5.41, 5.74) is 4.01. The predicted octanol–water partition coefficient (Wildman–Crippen LogP) is 2.63. The maximum Gasteiger partial charge on any atom is 0.123 e. The normalized spacial score (nSPS) is 10.8. The van der Waals surface area contributed by atoms with Crippen LogP contribution < -0.4 is 5.32 Å². The number of nitrogens with one attached hydrogen (secondary N) is 2. The van der Waals surface area contributed by atoms with Crippen LogP contribution in [0.3, 0.4) is 0 Å². The molecule has 0 saturated carbocycles. The quantitative estimate of drug-likeness (QED) is 0.852. The Morgan fingerprint density at radius 3 is 2.65 bits per heavy atom. The van der Waals surface area contributed by atoms with E-state index < -0.39 is 0 Å². The first kappa shape index (κ1) is 11.8. The zero-order chi connectivity index (χ0) is 12.3. The zero-order valence-electron chi connectivity index (χ0n) is 10.0. The number of aromatic nitrogens is 2. The second-order valence-corrected chi connectivity index (χ2v) is 3.96. The Hall–Kier alpha value is -1.68. The van der Waals surface area contributed by atoms with Gasteiger partial charge in [0.25, 0.3) is 0 Å². The molecule has 0 aliphatic heterocycles. The molecule has 90 valence electrons. The van der Waals surface area contributed by atoms with Crippen LogP contribution in [-0.2, 0) is 6.54 Å². The number of hydrogen-bond donors (Lipinski definition) is 2. The zero-order valence-corrected chi connectivity index (χ0v) is 10.0. The largest absolute Gasteiger partial charge is 0.313 e. The van der Waals surface area contributed by atoms with Crippen LogP contribution in [0.4, 0.5) is 4.39 Å². The topological polar surface area (TPSA) is 40.7 Å². The highest BCUT2D eigenvalue weighted by Crippen LogP contribution is 2.23. The highest BCUT2D eigenvalue weighted by atomic mass is 19.1. The highest BCUT2D eigenvalue weighted by Gasteiger charge is 2.11. The van der Waals surface area contributed by atoms with Gasteiger partial charge in [0, 0.05) is 23.4 Å². The summed E-state index contributed by atoms with van der Waals surface area (Å²) in [5.74, 6) is -0.228. The van der Waals surface area contributed by atoms with Crippen LogP contribution in [-0.4, -0.2) is 16.7 Å². The Morgan fingerprint density at radius 2 is 2.00 bits per heavy atom. The molecule has 0 radical (unpaired) electrons. The van der Waals surface area contributed by atoms with Crippen molar-refractivity contribution in [2.45, 2.75) is 20.4 Å². The third-order valence-corrected chi connectivity index (χ3v) is 2.74. The molecule has 0 bridgehead atoms. The number of hydrogen-bond acceptors (Lipinski definition) is 2. The van der Waals surface area contributed by atoms with Gasteiger partial charge in [-0.2, -0.15) is 5.10 Å². The lowest BCUT2D eigenvalue weighted by molar-refractivity contribution is 0.628. The molecule has 0 fully saturated rings. The first-order chi connectivity index (χ1) is 8.22. The number of benzene rings is 1. The number of aromatic amines is 1. The summed E-state index contributed by atoms with van der Waals surface area (Å²) >= 11 is 0. The van der Waals surface area contributed by atoms with E-state index in [4.69, 9.17) is 0 Å². The molecule has 0 aliphatic carbocycles. The first-order valence-electron chi connectivity index (χ1n) is 5.73. The molecule has 0 aliphatic rings. The van der Waals surface area contributed by atoms with Gasteiger partial charge in [-0.3, -0.25) is 5.10 Å². The van der Waals surface area contributed by atoms with E-state index in [1.54, 1.807) is 12.1 Å². The minimum absolute atomic E-state index is 0.228. The SMILES string of the molecule is CCNCc1c(-c2ccc(F)cc2)n[nH]c1C. The molecule has 2 aromatic rings. The van der Waals surface area contributed by atoms with Crippen LogP contribution >= 0.6 is 0 Å². The fourth-order valence-corrected chi connectivity index (χ4v) is 1.77. The second-order valence-electron chi connectivity index (χ2n) is 3.96. The van der Waals surface area contributed by atoms with Crippen LogP contribution in [0.2, 0.25) is 0 Å². The van der Waals surface area contributed by atoms with Crippen molar-refractivity contribution in [3.05, 3.63) is 41.3 Å². The molecule has 2 N–H and O–H groups in total. The lowest BCUT2D eigenvalue weighted by atomic mass is 10.1. The van der Waals surface area contributed by atoms with Crippen LogP contribution in [0.15, 0.2) is 24.3 Å². The Morgan fingerprint density at radius 1 is 1.29 bits per heavy atom. The minimum Gasteiger partial charge on any atom is -0.313 e. The molecule has 4 heteroatoms. The van der Waals surface area contributed by atoms with Gasteiger partial charge in [0.15, 0.2) is 0 Å². The second kappa shape index (κ2) is 5.10. The molecule has 2 rings (SSSR count). The Balaban J connectivity index is 2.34. The summed E-state index contributed by atoms with van der Waals surface area (Å²) in [7, 11) is 0. The summed E-state index contributed by atoms with van der Waals surface area (Å²) < 4.78 is 12.9. The standard InChI is InChI=1S/C13H16FN3/c1-3-15-8-12-9(2)16-17-13(12)10-4-6-11(14)7-5-10/h4-7,15H,3,8H2,1-2H3,(H,16,17). The van der Waals surface area contributed by atoms with Crippen molar-refractivity contribution in [1.82, 2.24) is 15.5 Å². The Bertz CT molecular complexity index is 488. The fraction of sp³-hybridized carbons (Fsp3) is 0.308. The monoisotopic (exact) mass is 233 g/mol. The lowest BCUT2D eigenvalue weighted by Crippen LogP contribution is -2.12. The number of rotatable bonds is 4. The van der Waals surface area contributed by atoms with E-state index in [1.807, 2.05) is 6.92 Å². The molecular formula is C13H16FN3. The van der Waals surface area contributed by atoms with Crippen molar-refractivity contribution in [2.24, 2.45) is 0 Å². The van der Waals surface area contributed by atoms with Crippen molar-refractivity contribution in [1.29, 1.82) is 0 Å². The number of H-pyrrole nitrogens is 1. The summed E-state index contributed by atoms with van der Waals surface area (Å²) in [6.07, 6.45) is 0. The van der Waals surface area contributed by atoms with E-state index in [0.29, 0.717) is 0 Å². The van der Waals surface area contributed by atoms with Crippen LogP contribution in [0.1, 0.15) is 18.2 Å². The molecule has 1 heterocycles. The molecule has 0 unspecified atom stereocenters. The van der Waals surface area contributed by atoms with E-state index in [9.17, 15) is 4.39 Å². The molecular weight excluding hydrogens is 217 g/mol. The van der Waals surface area contributed by atoms with Gasteiger partial charge in [-0.05, 0) is 37.7 Å². The van der Waals surface area contributed by atoms with Gasteiger partial charge < -0.3 is 5.32 Å². The van der Waals surface area contributed by atoms with E-state index in [1.165, 1.54) is 12.1 Å². The number of halogens is 1. The average Bonchev–Trinajstić information content (AvgIpc) is 2.69. The van der Waals surface area contributed by atoms with E-state index in [2.05, 4.69) is 22.4 Å². The molecule has 17 heavy (non-hydrogen) atoms. The number of aryl methyl sites for hydroxylation is 1. The van der Waals surface area contributed by atoms with Crippen molar-refractivity contribution in [3.63, 3.8) is 0 Å². The lowest BCUT2D eigenvalue weighted by Gasteiger charge is -2.04. The van der Waals surface area contributed by atoms with E-state index in [0.717, 1.165) is 35.6 Å². The van der Waals surface area contributed by atoms with Gasteiger partial charge >= 0.3 is 0 Å². The van der Waals surface area contributed by atoms with Crippen molar-refractivity contribution >= 4 is 0 Å². The van der Waals surface area contributed by atoms with Crippen LogP contribution in [0.25, 0.3) is 11.3 Å². The molecule has 1 aromatic heterocycles. The molecule has 0 amide bonds. The summed E-state index contributed by atoms with van der Waals surface area (Å²) in [4.78, 5) is 0. The van der Waals surface area contributed by atoms with Crippen molar-refractivity contribution < 1.29 is 4.39 Å². The first-order valence-corrected chi connectivity index (χ1v) is 5.73. The maximum atomic E-state index is 12.9. The Kier molecular flexibility index (Phi) is 3.54. The van der Waals surface area contributed by atoms with Gasteiger partial charge in [-0.1, -0.05) is 6.92 Å². The highest BCUT2D eigenvalue weighted by molar-refractivity contribution is 5.63. The van der Waals surface area contributed by atoms with Gasteiger partial charge in [-0.25, -0.2) is 4.39 Å².